The third kappa shape index (κ3) is 3.92. The van der Waals surface area contributed by atoms with Gasteiger partial charge in [-0.3, -0.25) is 4.79 Å². The van der Waals surface area contributed by atoms with Crippen LogP contribution in [0.4, 0.5) is 5.69 Å². The number of aliphatic carboxylic acids is 1. The summed E-state index contributed by atoms with van der Waals surface area (Å²) in [6, 6.07) is 5.84. The van der Waals surface area contributed by atoms with Crippen molar-refractivity contribution in [3.05, 3.63) is 28.8 Å². The molecule has 2 fully saturated rings. The molecule has 0 radical (unpaired) electrons. The van der Waals surface area contributed by atoms with Gasteiger partial charge in [-0.15, -0.1) is 0 Å². The number of piperazine rings is 1. The van der Waals surface area contributed by atoms with Crippen molar-refractivity contribution in [3.8, 4) is 0 Å². The smallest absolute Gasteiger partial charge is 0.226 e. The van der Waals surface area contributed by atoms with Gasteiger partial charge in [-0.05, 0) is 37.5 Å². The molecule has 0 unspecified atom stereocenters. The Labute approximate surface area is 153 Å². The molecule has 0 spiro atoms. The Kier molecular flexibility index (Phi) is 5.52. The van der Waals surface area contributed by atoms with Gasteiger partial charge >= 0.3 is 0 Å². The molecule has 1 saturated heterocycles. The number of carboxylic acid groups (broad SMARTS) is 1. The van der Waals surface area contributed by atoms with Gasteiger partial charge in [0.1, 0.15) is 0 Å². The van der Waals surface area contributed by atoms with Crippen LogP contribution in [0.2, 0.25) is 5.02 Å². The van der Waals surface area contributed by atoms with Crippen molar-refractivity contribution < 1.29 is 14.7 Å². The van der Waals surface area contributed by atoms with E-state index >= 15 is 0 Å². The zero-order valence-corrected chi connectivity index (χ0v) is 15.3. The van der Waals surface area contributed by atoms with Gasteiger partial charge in [-0.1, -0.05) is 30.5 Å². The second kappa shape index (κ2) is 7.65. The SMILES string of the molecule is Cc1ccc(Cl)cc1N1CCN(C(=O)[C@@H]2CCCC[C@@H]2C(=O)[O-])CC1. The van der Waals surface area contributed by atoms with E-state index in [-0.39, 0.29) is 5.91 Å². The summed E-state index contributed by atoms with van der Waals surface area (Å²) in [5.74, 6) is -2.14. The number of nitrogens with zero attached hydrogens (tertiary/aromatic N) is 2. The Morgan fingerprint density at radius 3 is 2.36 bits per heavy atom. The molecule has 0 N–H and O–H groups in total. The summed E-state index contributed by atoms with van der Waals surface area (Å²) < 4.78 is 0. The molecule has 136 valence electrons. The predicted octanol–water partition coefficient (Wildman–Crippen LogP) is 1.85. The van der Waals surface area contributed by atoms with E-state index in [2.05, 4.69) is 11.8 Å². The van der Waals surface area contributed by atoms with Gasteiger partial charge < -0.3 is 19.7 Å². The fourth-order valence-electron chi connectivity index (χ4n) is 4.03. The molecular formula is C19H24ClN2O3-. The van der Waals surface area contributed by atoms with E-state index in [1.165, 1.54) is 0 Å². The van der Waals surface area contributed by atoms with Crippen LogP contribution in [0, 0.1) is 18.8 Å². The summed E-state index contributed by atoms with van der Waals surface area (Å²) in [5, 5.41) is 12.1. The van der Waals surface area contributed by atoms with Crippen LogP contribution < -0.4 is 10.0 Å². The first-order valence-electron chi connectivity index (χ1n) is 8.98. The summed E-state index contributed by atoms with van der Waals surface area (Å²) in [6.45, 7) is 4.74. The van der Waals surface area contributed by atoms with Crippen molar-refractivity contribution in [1.82, 2.24) is 4.90 Å². The highest BCUT2D eigenvalue weighted by Crippen LogP contribution is 2.32. The number of hydrogen-bond acceptors (Lipinski definition) is 4. The first kappa shape index (κ1) is 18.1. The minimum Gasteiger partial charge on any atom is -0.550 e. The van der Waals surface area contributed by atoms with E-state index in [4.69, 9.17) is 11.6 Å². The molecule has 1 aliphatic heterocycles. The maximum Gasteiger partial charge on any atom is 0.226 e. The van der Waals surface area contributed by atoms with Crippen LogP contribution in [0.5, 0.6) is 0 Å². The number of hydrogen-bond donors (Lipinski definition) is 0. The lowest BCUT2D eigenvalue weighted by atomic mass is 9.78. The summed E-state index contributed by atoms with van der Waals surface area (Å²) in [5.41, 5.74) is 2.26. The average molecular weight is 364 g/mol. The van der Waals surface area contributed by atoms with Gasteiger partial charge in [0, 0.05) is 54.7 Å². The molecule has 2 aliphatic rings. The Bertz CT molecular complexity index is 656. The lowest BCUT2D eigenvalue weighted by molar-refractivity contribution is -0.314. The van der Waals surface area contributed by atoms with Crippen LogP contribution in [0.25, 0.3) is 0 Å². The van der Waals surface area contributed by atoms with Gasteiger partial charge in [0.15, 0.2) is 0 Å². The van der Waals surface area contributed by atoms with Crippen LogP contribution in [0.15, 0.2) is 18.2 Å². The van der Waals surface area contributed by atoms with Crippen LogP contribution >= 0.6 is 11.6 Å². The molecule has 25 heavy (non-hydrogen) atoms. The number of aryl methyl sites for hydroxylation is 1. The maximum absolute atomic E-state index is 12.8. The van der Waals surface area contributed by atoms with Crippen molar-refractivity contribution in [2.24, 2.45) is 11.8 Å². The van der Waals surface area contributed by atoms with Gasteiger partial charge in [-0.2, -0.15) is 0 Å². The summed E-state index contributed by atoms with van der Waals surface area (Å²) in [7, 11) is 0. The normalized spacial score (nSPS) is 24.2. The third-order valence-corrected chi connectivity index (χ3v) is 5.72. The molecule has 3 rings (SSSR count). The van der Waals surface area contributed by atoms with Crippen LogP contribution in [-0.4, -0.2) is 43.0 Å². The fourth-order valence-corrected chi connectivity index (χ4v) is 4.20. The zero-order chi connectivity index (χ0) is 18.0. The topological polar surface area (TPSA) is 63.7 Å². The number of carbonyl (C=O) groups excluding carboxylic acids is 2. The van der Waals surface area contributed by atoms with E-state index in [0.717, 1.165) is 37.2 Å². The van der Waals surface area contributed by atoms with Crippen molar-refractivity contribution in [1.29, 1.82) is 0 Å². The predicted molar refractivity (Wildman–Crippen MR) is 95.4 cm³/mol. The van der Waals surface area contributed by atoms with E-state index in [1.807, 2.05) is 23.1 Å². The molecule has 0 bridgehead atoms. The Morgan fingerprint density at radius 2 is 1.72 bits per heavy atom. The lowest BCUT2D eigenvalue weighted by Crippen LogP contribution is -2.53. The van der Waals surface area contributed by atoms with Crippen molar-refractivity contribution in [3.63, 3.8) is 0 Å². The number of benzene rings is 1. The minimum absolute atomic E-state index is 0.0173. The maximum atomic E-state index is 12.8. The van der Waals surface area contributed by atoms with Crippen LogP contribution in [-0.2, 0) is 9.59 Å². The third-order valence-electron chi connectivity index (χ3n) is 5.49. The number of carboxylic acids is 1. The van der Waals surface area contributed by atoms with Gasteiger partial charge in [0.25, 0.3) is 0 Å². The van der Waals surface area contributed by atoms with E-state index in [9.17, 15) is 14.7 Å². The van der Waals surface area contributed by atoms with Gasteiger partial charge in [-0.25, -0.2) is 0 Å². The molecule has 6 heteroatoms. The monoisotopic (exact) mass is 363 g/mol. The van der Waals surface area contributed by atoms with E-state index in [1.54, 1.807) is 0 Å². The second-order valence-corrected chi connectivity index (χ2v) is 7.50. The first-order valence-corrected chi connectivity index (χ1v) is 9.36. The molecule has 1 aromatic rings. The van der Waals surface area contributed by atoms with E-state index in [0.29, 0.717) is 31.0 Å². The quantitative estimate of drug-likeness (QED) is 0.822. The number of carbonyl (C=O) groups is 2. The summed E-state index contributed by atoms with van der Waals surface area (Å²) in [4.78, 5) is 28.2. The largest absolute Gasteiger partial charge is 0.550 e. The lowest BCUT2D eigenvalue weighted by Gasteiger charge is -2.40. The summed E-state index contributed by atoms with van der Waals surface area (Å²) >= 11 is 6.11. The Morgan fingerprint density at radius 1 is 1.08 bits per heavy atom. The highest BCUT2D eigenvalue weighted by Gasteiger charge is 2.35. The Hall–Kier alpha value is -1.75. The van der Waals surface area contributed by atoms with E-state index < -0.39 is 17.8 Å². The zero-order valence-electron chi connectivity index (χ0n) is 14.5. The molecule has 1 heterocycles. The molecule has 1 aliphatic carbocycles. The van der Waals surface area contributed by atoms with Crippen LogP contribution in [0.1, 0.15) is 31.2 Å². The number of anilines is 1. The molecule has 1 aromatic carbocycles. The number of halogens is 1. The first-order chi connectivity index (χ1) is 12.0. The molecule has 5 nitrogen and oxygen atoms in total. The molecule has 1 saturated carbocycles. The van der Waals surface area contributed by atoms with Gasteiger partial charge in [0.05, 0.1) is 0 Å². The number of rotatable bonds is 3. The average Bonchev–Trinajstić information content (AvgIpc) is 2.63. The molecule has 0 aromatic heterocycles. The fraction of sp³-hybridized carbons (Fsp3) is 0.579. The summed E-state index contributed by atoms with van der Waals surface area (Å²) in [6.07, 6.45) is 3.00. The van der Waals surface area contributed by atoms with Gasteiger partial charge in [0.2, 0.25) is 5.91 Å². The Balaban J connectivity index is 1.64. The number of amides is 1. The standard InChI is InChI=1S/C19H25ClN2O3/c1-13-6-7-14(20)12-17(13)21-8-10-22(11-9-21)18(23)15-4-2-3-5-16(15)19(24)25/h6-7,12,15-16H,2-5,8-11H2,1H3,(H,24,25)/p-1/t15-,16+/m1/s1. The van der Waals surface area contributed by atoms with Crippen LogP contribution in [0.3, 0.4) is 0 Å². The van der Waals surface area contributed by atoms with Crippen molar-refractivity contribution >= 4 is 29.2 Å². The highest BCUT2D eigenvalue weighted by atomic mass is 35.5. The minimum atomic E-state index is -1.08. The van der Waals surface area contributed by atoms with Crippen molar-refractivity contribution in [2.45, 2.75) is 32.6 Å². The molecular weight excluding hydrogens is 340 g/mol. The second-order valence-electron chi connectivity index (χ2n) is 7.06. The molecule has 1 amide bonds. The molecule has 2 atom stereocenters. The van der Waals surface area contributed by atoms with Crippen molar-refractivity contribution in [2.75, 3.05) is 31.1 Å². The highest BCUT2D eigenvalue weighted by molar-refractivity contribution is 6.30.